The van der Waals surface area contributed by atoms with Gasteiger partial charge in [0.2, 0.25) is 5.43 Å². The third kappa shape index (κ3) is 4.66. The number of nitrogens with one attached hydrogen (secondary N) is 1. The standard InChI is InChI=1S/C26H32FN3O5/c1-25(2,3)35-22(31)6-7-28-13-26-10-15(26)11-29(14-26)21-9-20-17(8-19(21)27)23(32)18(24(33)34)12-30(20)16-4-5-16/h8-9,12,15-16,28H,4-7,10-11,13-14H2,1-3H3,(H,33,34). The topological polar surface area (TPSA) is 101 Å². The molecule has 3 aliphatic rings. The zero-order valence-electron chi connectivity index (χ0n) is 20.4. The highest BCUT2D eigenvalue weighted by Crippen LogP contribution is 2.58. The number of carbonyl (C=O) groups excluding carboxylic acids is 1. The van der Waals surface area contributed by atoms with Crippen molar-refractivity contribution in [2.75, 3.05) is 31.1 Å². The van der Waals surface area contributed by atoms with Crippen LogP contribution in [-0.4, -0.2) is 53.4 Å². The van der Waals surface area contributed by atoms with Crippen molar-refractivity contribution in [1.82, 2.24) is 9.88 Å². The summed E-state index contributed by atoms with van der Waals surface area (Å²) in [5.41, 5.74) is -0.370. The Bertz CT molecular complexity index is 1260. The number of fused-ring (bicyclic) bond motifs is 2. The maximum atomic E-state index is 15.2. The van der Waals surface area contributed by atoms with Crippen molar-refractivity contribution in [1.29, 1.82) is 0 Å². The van der Waals surface area contributed by atoms with Crippen LogP contribution in [0.2, 0.25) is 0 Å². The van der Waals surface area contributed by atoms with Gasteiger partial charge < -0.3 is 24.6 Å². The molecule has 3 fully saturated rings. The van der Waals surface area contributed by atoms with E-state index in [0.29, 0.717) is 36.6 Å². The maximum Gasteiger partial charge on any atom is 0.341 e. The van der Waals surface area contributed by atoms with Crippen molar-refractivity contribution in [2.24, 2.45) is 11.3 Å². The Morgan fingerprint density at radius 2 is 2.03 bits per heavy atom. The fraction of sp³-hybridized carbons (Fsp3) is 0.577. The zero-order chi connectivity index (χ0) is 25.1. The van der Waals surface area contributed by atoms with Crippen LogP contribution >= 0.6 is 0 Å². The molecule has 2 heterocycles. The molecule has 2 unspecified atom stereocenters. The van der Waals surface area contributed by atoms with E-state index in [4.69, 9.17) is 4.74 Å². The van der Waals surface area contributed by atoms with Crippen LogP contribution in [0.25, 0.3) is 10.9 Å². The summed E-state index contributed by atoms with van der Waals surface area (Å²) in [6.07, 6.45) is 4.59. The number of hydrogen-bond donors (Lipinski definition) is 2. The largest absolute Gasteiger partial charge is 0.477 e. The van der Waals surface area contributed by atoms with Gasteiger partial charge in [-0.25, -0.2) is 9.18 Å². The summed E-state index contributed by atoms with van der Waals surface area (Å²) in [5, 5.41) is 12.9. The van der Waals surface area contributed by atoms with E-state index in [2.05, 4.69) is 5.32 Å². The Kier molecular flexibility index (Phi) is 5.66. The normalized spacial score (nSPS) is 23.4. The van der Waals surface area contributed by atoms with Crippen LogP contribution in [0.3, 0.4) is 0 Å². The smallest absolute Gasteiger partial charge is 0.341 e. The van der Waals surface area contributed by atoms with E-state index >= 15 is 4.39 Å². The fourth-order valence-electron chi connectivity index (χ4n) is 5.38. The Balaban J connectivity index is 1.30. The molecule has 1 aromatic heterocycles. The zero-order valence-corrected chi connectivity index (χ0v) is 20.4. The van der Waals surface area contributed by atoms with Gasteiger partial charge in [0.25, 0.3) is 0 Å². The molecule has 35 heavy (non-hydrogen) atoms. The molecule has 188 valence electrons. The molecule has 2 aromatic rings. The molecule has 2 N–H and O–H groups in total. The number of esters is 1. The van der Waals surface area contributed by atoms with Crippen LogP contribution in [0.4, 0.5) is 10.1 Å². The highest BCUT2D eigenvalue weighted by Gasteiger charge is 2.59. The first-order valence-electron chi connectivity index (χ1n) is 12.3. The van der Waals surface area contributed by atoms with E-state index in [9.17, 15) is 19.5 Å². The number of carbonyl (C=O) groups is 2. The second-order valence-electron chi connectivity index (χ2n) is 11.3. The molecule has 9 heteroatoms. The van der Waals surface area contributed by atoms with Gasteiger partial charge in [-0.15, -0.1) is 0 Å². The monoisotopic (exact) mass is 485 g/mol. The maximum absolute atomic E-state index is 15.2. The SMILES string of the molecule is CC(C)(C)OC(=O)CCNCC12CC1CN(c1cc3c(cc1F)c(=O)c(C(=O)O)cn3C1CC1)C2. The summed E-state index contributed by atoms with van der Waals surface area (Å²) in [4.78, 5) is 38.2. The summed E-state index contributed by atoms with van der Waals surface area (Å²) < 4.78 is 22.4. The molecule has 2 atom stereocenters. The van der Waals surface area contributed by atoms with Gasteiger partial charge in [0.05, 0.1) is 17.6 Å². The Hall–Kier alpha value is -2.94. The van der Waals surface area contributed by atoms with Crippen LogP contribution in [0.5, 0.6) is 0 Å². The lowest BCUT2D eigenvalue weighted by Crippen LogP contribution is -2.33. The summed E-state index contributed by atoms with van der Waals surface area (Å²) in [7, 11) is 0. The van der Waals surface area contributed by atoms with Gasteiger partial charge in [-0.05, 0) is 58.1 Å². The molecule has 0 bridgehead atoms. The van der Waals surface area contributed by atoms with Gasteiger partial charge in [-0.3, -0.25) is 9.59 Å². The van der Waals surface area contributed by atoms with Gasteiger partial charge in [0.15, 0.2) is 0 Å². The number of carboxylic acids is 1. The van der Waals surface area contributed by atoms with Crippen LogP contribution in [0, 0.1) is 17.2 Å². The van der Waals surface area contributed by atoms with Crippen molar-refractivity contribution >= 4 is 28.5 Å². The number of pyridine rings is 1. The fourth-order valence-corrected chi connectivity index (χ4v) is 5.38. The Labute approximate surface area is 203 Å². The van der Waals surface area contributed by atoms with Crippen LogP contribution in [0.1, 0.15) is 62.9 Å². The van der Waals surface area contributed by atoms with E-state index < -0.39 is 22.8 Å². The van der Waals surface area contributed by atoms with Gasteiger partial charge >= 0.3 is 11.9 Å². The van der Waals surface area contributed by atoms with Crippen molar-refractivity contribution < 1.29 is 23.8 Å². The van der Waals surface area contributed by atoms with E-state index in [1.165, 1.54) is 12.3 Å². The molecule has 0 amide bonds. The minimum absolute atomic E-state index is 0.0542. The highest BCUT2D eigenvalue weighted by molar-refractivity contribution is 5.93. The molecular weight excluding hydrogens is 453 g/mol. The number of aromatic nitrogens is 1. The number of ether oxygens (including phenoxy) is 1. The van der Waals surface area contributed by atoms with E-state index in [-0.39, 0.29) is 28.4 Å². The highest BCUT2D eigenvalue weighted by atomic mass is 19.1. The number of halogens is 1. The van der Waals surface area contributed by atoms with Crippen LogP contribution in [0.15, 0.2) is 23.1 Å². The van der Waals surface area contributed by atoms with Crippen molar-refractivity contribution in [3.05, 3.63) is 39.9 Å². The van der Waals surface area contributed by atoms with Crippen molar-refractivity contribution in [3.8, 4) is 0 Å². The summed E-state index contributed by atoms with van der Waals surface area (Å²) in [5.74, 6) is -1.58. The van der Waals surface area contributed by atoms with Gasteiger partial charge in [0, 0.05) is 49.2 Å². The van der Waals surface area contributed by atoms with Crippen LogP contribution < -0.4 is 15.6 Å². The predicted molar refractivity (Wildman–Crippen MR) is 129 cm³/mol. The lowest BCUT2D eigenvalue weighted by molar-refractivity contribution is -0.154. The van der Waals surface area contributed by atoms with Gasteiger partial charge in [-0.1, -0.05) is 0 Å². The molecule has 1 aromatic carbocycles. The average Bonchev–Trinajstić information content (AvgIpc) is 3.68. The lowest BCUT2D eigenvalue weighted by atomic mass is 10.1. The molecule has 0 spiro atoms. The first kappa shape index (κ1) is 23.8. The number of carboxylic acid groups (broad SMARTS) is 1. The Morgan fingerprint density at radius 1 is 1.29 bits per heavy atom. The number of anilines is 1. The lowest BCUT2D eigenvalue weighted by Gasteiger charge is -2.25. The average molecular weight is 486 g/mol. The van der Waals surface area contributed by atoms with E-state index in [1.54, 1.807) is 6.07 Å². The third-order valence-corrected chi connectivity index (χ3v) is 7.32. The predicted octanol–water partition coefficient (Wildman–Crippen LogP) is 3.32. The molecule has 2 saturated carbocycles. The number of benzene rings is 1. The molecular formula is C26H32FN3O5. The molecule has 1 aliphatic heterocycles. The van der Waals surface area contributed by atoms with Crippen molar-refractivity contribution in [2.45, 2.75) is 58.1 Å². The number of aromatic carboxylic acids is 1. The molecule has 2 aliphatic carbocycles. The summed E-state index contributed by atoms with van der Waals surface area (Å²) in [6, 6.07) is 3.06. The third-order valence-electron chi connectivity index (χ3n) is 7.32. The molecule has 8 nitrogen and oxygen atoms in total. The number of nitrogens with zero attached hydrogens (tertiary/aromatic N) is 2. The van der Waals surface area contributed by atoms with E-state index in [0.717, 1.165) is 32.4 Å². The first-order valence-corrected chi connectivity index (χ1v) is 12.3. The Morgan fingerprint density at radius 3 is 2.69 bits per heavy atom. The summed E-state index contributed by atoms with van der Waals surface area (Å²) >= 11 is 0. The quantitative estimate of drug-likeness (QED) is 0.437. The first-order chi connectivity index (χ1) is 16.5. The molecule has 5 rings (SSSR count). The summed E-state index contributed by atoms with van der Waals surface area (Å²) in [6.45, 7) is 8.26. The molecule has 1 saturated heterocycles. The van der Waals surface area contributed by atoms with Gasteiger partial charge in [-0.2, -0.15) is 0 Å². The minimum atomic E-state index is -1.29. The van der Waals surface area contributed by atoms with Gasteiger partial charge in [0.1, 0.15) is 17.0 Å². The number of rotatable bonds is 8. The minimum Gasteiger partial charge on any atom is -0.477 e. The van der Waals surface area contributed by atoms with E-state index in [1.807, 2.05) is 30.2 Å². The number of hydrogen-bond acceptors (Lipinski definition) is 6. The van der Waals surface area contributed by atoms with Crippen LogP contribution in [-0.2, 0) is 9.53 Å². The number of piperidine rings is 1. The molecule has 0 radical (unpaired) electrons. The second-order valence-corrected chi connectivity index (χ2v) is 11.3. The van der Waals surface area contributed by atoms with Crippen molar-refractivity contribution in [3.63, 3.8) is 0 Å². The second kappa shape index (κ2) is 8.33.